The molecule has 0 bridgehead atoms. The summed E-state index contributed by atoms with van der Waals surface area (Å²) in [6, 6.07) is 4.67. The number of rotatable bonds is 10. The van der Waals surface area contributed by atoms with Crippen molar-refractivity contribution in [1.82, 2.24) is 14.9 Å². The van der Waals surface area contributed by atoms with Gasteiger partial charge in [-0.05, 0) is 30.7 Å². The van der Waals surface area contributed by atoms with Gasteiger partial charge in [-0.25, -0.2) is 9.36 Å². The number of aromatic nitrogens is 2. The van der Waals surface area contributed by atoms with Crippen LogP contribution in [0.4, 0.5) is 23.1 Å². The highest BCUT2D eigenvalue weighted by Gasteiger charge is 2.24. The molecule has 180 valence electrons. The average molecular weight is 473 g/mol. The van der Waals surface area contributed by atoms with E-state index in [4.69, 9.17) is 15.9 Å². The van der Waals surface area contributed by atoms with Gasteiger partial charge in [-0.2, -0.15) is 4.98 Å². The monoisotopic (exact) mass is 473 g/mol. The van der Waals surface area contributed by atoms with Crippen molar-refractivity contribution in [2.24, 2.45) is 0 Å². The highest BCUT2D eigenvalue weighted by atomic mass is 16.4. The lowest BCUT2D eigenvalue weighted by Gasteiger charge is -2.29. The molecule has 2 aromatic rings. The fourth-order valence-electron chi connectivity index (χ4n) is 3.31. The van der Waals surface area contributed by atoms with Crippen LogP contribution in [0.2, 0.25) is 0 Å². The van der Waals surface area contributed by atoms with Crippen molar-refractivity contribution in [3.8, 4) is 0 Å². The van der Waals surface area contributed by atoms with Gasteiger partial charge in [0.05, 0.1) is 6.04 Å². The number of fused-ring (bicyclic) bond motifs is 1. The Bertz CT molecular complexity index is 1160. The number of anilines is 4. The summed E-state index contributed by atoms with van der Waals surface area (Å²) in [5, 5.41) is 29.3. The van der Waals surface area contributed by atoms with E-state index in [1.807, 2.05) is 0 Å². The molecule has 1 aromatic heterocycles. The van der Waals surface area contributed by atoms with Gasteiger partial charge >= 0.3 is 11.9 Å². The van der Waals surface area contributed by atoms with Gasteiger partial charge in [0.2, 0.25) is 12.4 Å². The minimum atomic E-state index is -1.32. The van der Waals surface area contributed by atoms with Crippen molar-refractivity contribution in [1.29, 1.82) is 0 Å². The summed E-state index contributed by atoms with van der Waals surface area (Å²) in [6.45, 7) is 0.753. The number of carbonyl (C=O) groups excluding carboxylic acids is 2. The maximum atomic E-state index is 12.3. The number of aliphatic carboxylic acids is 2. The third-order valence-corrected chi connectivity index (χ3v) is 5.07. The van der Waals surface area contributed by atoms with Crippen molar-refractivity contribution >= 4 is 47.4 Å². The zero-order valence-corrected chi connectivity index (χ0v) is 17.8. The molecular formula is C20H23N7O7. The number of hydrogen-bond acceptors (Lipinski definition) is 10. The molecule has 0 saturated carbocycles. The van der Waals surface area contributed by atoms with E-state index in [0.29, 0.717) is 25.2 Å². The number of nitrogens with two attached hydrogens (primary N) is 1. The van der Waals surface area contributed by atoms with E-state index >= 15 is 0 Å². The van der Waals surface area contributed by atoms with Crippen LogP contribution in [-0.2, 0) is 14.4 Å². The van der Waals surface area contributed by atoms with Crippen LogP contribution < -0.4 is 32.6 Å². The predicted molar refractivity (Wildman–Crippen MR) is 122 cm³/mol. The van der Waals surface area contributed by atoms with Gasteiger partial charge in [-0.15, -0.1) is 0 Å². The summed E-state index contributed by atoms with van der Waals surface area (Å²) in [6.07, 6.45) is -0.168. The Hall–Kier alpha value is -4.62. The second kappa shape index (κ2) is 10.3. The highest BCUT2D eigenvalue weighted by molar-refractivity contribution is 5.97. The first-order valence-electron chi connectivity index (χ1n) is 10.2. The summed E-state index contributed by atoms with van der Waals surface area (Å²) in [7, 11) is 0. The van der Waals surface area contributed by atoms with Gasteiger partial charge in [0.1, 0.15) is 17.5 Å². The van der Waals surface area contributed by atoms with Crippen molar-refractivity contribution in [3.05, 3.63) is 40.2 Å². The third-order valence-electron chi connectivity index (χ3n) is 5.07. The fourth-order valence-corrected chi connectivity index (χ4v) is 3.31. The van der Waals surface area contributed by atoms with Crippen molar-refractivity contribution in [3.63, 3.8) is 0 Å². The Morgan fingerprint density at radius 1 is 1.26 bits per heavy atom. The van der Waals surface area contributed by atoms with Gasteiger partial charge in [-0.1, -0.05) is 0 Å². The van der Waals surface area contributed by atoms with E-state index in [1.165, 1.54) is 12.1 Å². The minimum absolute atomic E-state index is 0.127. The smallest absolute Gasteiger partial charge is 0.326 e. The molecule has 14 nitrogen and oxygen atoms in total. The van der Waals surface area contributed by atoms with E-state index in [1.54, 1.807) is 12.1 Å². The zero-order chi connectivity index (χ0) is 24.8. The number of carbonyl (C=O) groups is 4. The molecular weight excluding hydrogens is 450 g/mol. The summed E-state index contributed by atoms with van der Waals surface area (Å²) < 4.78 is 1.04. The van der Waals surface area contributed by atoms with Crippen LogP contribution in [0.25, 0.3) is 0 Å². The normalized spacial score (nSPS) is 15.1. The van der Waals surface area contributed by atoms with E-state index in [2.05, 4.69) is 26.3 Å². The second-order valence-corrected chi connectivity index (χ2v) is 7.45. The largest absolute Gasteiger partial charge is 0.481 e. The van der Waals surface area contributed by atoms with Crippen molar-refractivity contribution in [2.75, 3.05) is 34.8 Å². The molecule has 14 heteroatoms. The lowest BCUT2D eigenvalue weighted by molar-refractivity contribution is -0.140. The zero-order valence-electron chi connectivity index (χ0n) is 17.8. The molecule has 0 saturated heterocycles. The first-order chi connectivity index (χ1) is 16.2. The van der Waals surface area contributed by atoms with Crippen LogP contribution in [0, 0.1) is 0 Å². The number of carboxylic acid groups (broad SMARTS) is 2. The third kappa shape index (κ3) is 5.59. The first-order valence-corrected chi connectivity index (χ1v) is 10.2. The molecule has 34 heavy (non-hydrogen) atoms. The molecule has 0 spiro atoms. The van der Waals surface area contributed by atoms with Gasteiger partial charge in [0.15, 0.2) is 0 Å². The molecule has 2 heterocycles. The Morgan fingerprint density at radius 2 is 1.97 bits per heavy atom. The van der Waals surface area contributed by atoms with Crippen LogP contribution in [0.15, 0.2) is 29.1 Å². The number of amides is 1. The number of benzene rings is 1. The summed E-state index contributed by atoms with van der Waals surface area (Å²) in [5.74, 6) is -3.09. The molecule has 1 aliphatic rings. The maximum Gasteiger partial charge on any atom is 0.326 e. The molecule has 0 fully saturated rings. The SMILES string of the molecule is Nc1nc(=O)c2c(n1C=O)NCC(CNc1ccc(C(=O)N[C@@H](CCC(=O)O)C(=O)O)cc1)N2. The van der Waals surface area contributed by atoms with E-state index in [-0.39, 0.29) is 41.9 Å². The molecule has 0 radical (unpaired) electrons. The van der Waals surface area contributed by atoms with E-state index in [9.17, 15) is 24.0 Å². The van der Waals surface area contributed by atoms with Crippen LogP contribution in [-0.4, -0.2) is 69.2 Å². The summed E-state index contributed by atoms with van der Waals surface area (Å²) in [4.78, 5) is 61.2. The Balaban J connectivity index is 1.58. The number of hydrogen-bond donors (Lipinski definition) is 7. The molecule has 1 aromatic carbocycles. The molecule has 3 rings (SSSR count). The molecule has 8 N–H and O–H groups in total. The summed E-state index contributed by atoms with van der Waals surface area (Å²) in [5.41, 5.74) is 5.98. The molecule has 0 aliphatic carbocycles. The maximum absolute atomic E-state index is 12.3. The van der Waals surface area contributed by atoms with Crippen LogP contribution in [0.3, 0.4) is 0 Å². The topological polar surface area (TPSA) is 218 Å². The molecule has 2 atom stereocenters. The molecule has 1 amide bonds. The fraction of sp³-hybridized carbons (Fsp3) is 0.300. The summed E-state index contributed by atoms with van der Waals surface area (Å²) >= 11 is 0. The predicted octanol–water partition coefficient (Wildman–Crippen LogP) is -0.770. The number of nitrogen functional groups attached to an aromatic ring is 1. The van der Waals surface area contributed by atoms with Gasteiger partial charge in [0, 0.05) is 30.8 Å². The van der Waals surface area contributed by atoms with Gasteiger partial charge < -0.3 is 37.2 Å². The van der Waals surface area contributed by atoms with E-state index < -0.39 is 29.4 Å². The van der Waals surface area contributed by atoms with Gasteiger partial charge in [-0.3, -0.25) is 19.2 Å². The molecule has 1 aliphatic heterocycles. The van der Waals surface area contributed by atoms with Crippen molar-refractivity contribution < 1.29 is 29.4 Å². The number of nitrogens with one attached hydrogen (secondary N) is 4. The second-order valence-electron chi connectivity index (χ2n) is 7.45. The lowest BCUT2D eigenvalue weighted by atomic mass is 10.1. The quantitative estimate of drug-likeness (QED) is 0.212. The highest BCUT2D eigenvalue weighted by Crippen LogP contribution is 2.23. The standard InChI is InChI=1S/C20H23N7O7/c21-20-26-18(32)15-16(27(20)9-28)23-8-12(24-15)7-22-11-3-1-10(2-4-11)17(31)25-13(19(33)34)5-6-14(29)30/h1-4,9,12-13,22-24H,5-8H2,(H,25,31)(H,29,30)(H,33,34)(H2,21,26,32)/t12?,13-/m0/s1. The molecule has 1 unspecified atom stereocenters. The average Bonchev–Trinajstić information content (AvgIpc) is 2.80. The number of carboxylic acids is 2. The lowest BCUT2D eigenvalue weighted by Crippen LogP contribution is -2.42. The Morgan fingerprint density at radius 3 is 2.59 bits per heavy atom. The first kappa shape index (κ1) is 24.0. The van der Waals surface area contributed by atoms with Crippen LogP contribution >= 0.6 is 0 Å². The van der Waals surface area contributed by atoms with Crippen LogP contribution in [0.1, 0.15) is 23.2 Å². The van der Waals surface area contributed by atoms with Gasteiger partial charge in [0.25, 0.3) is 11.5 Å². The van der Waals surface area contributed by atoms with Crippen molar-refractivity contribution in [2.45, 2.75) is 24.9 Å². The van der Waals surface area contributed by atoms with E-state index in [0.717, 1.165) is 4.57 Å². The van der Waals surface area contributed by atoms with Crippen LogP contribution in [0.5, 0.6) is 0 Å². The minimum Gasteiger partial charge on any atom is -0.481 e. The Kier molecular flexibility index (Phi) is 7.30. The Labute approximate surface area is 192 Å². The number of nitrogens with zero attached hydrogens (tertiary/aromatic N) is 2.